The highest BCUT2D eigenvalue weighted by Gasteiger charge is 2.19. The summed E-state index contributed by atoms with van der Waals surface area (Å²) >= 11 is 6.05. The van der Waals surface area contributed by atoms with Crippen molar-refractivity contribution in [2.24, 2.45) is 5.92 Å². The van der Waals surface area contributed by atoms with Gasteiger partial charge in [0.05, 0.1) is 5.02 Å². The summed E-state index contributed by atoms with van der Waals surface area (Å²) in [4.78, 5) is 14.6. The van der Waals surface area contributed by atoms with E-state index in [9.17, 15) is 4.79 Å². The van der Waals surface area contributed by atoms with Gasteiger partial charge in [0, 0.05) is 25.1 Å². The molecule has 2 nitrogen and oxygen atoms in total. The van der Waals surface area contributed by atoms with Crippen LogP contribution in [0.2, 0.25) is 5.02 Å². The Balaban J connectivity index is 1.85. The number of hydrogen-bond donors (Lipinski definition) is 0. The van der Waals surface area contributed by atoms with Crippen molar-refractivity contribution < 1.29 is 4.79 Å². The van der Waals surface area contributed by atoms with Gasteiger partial charge in [-0.25, -0.2) is 0 Å². The van der Waals surface area contributed by atoms with Crippen molar-refractivity contribution in [1.29, 1.82) is 0 Å². The Morgan fingerprint density at radius 2 is 2.21 bits per heavy atom. The van der Waals surface area contributed by atoms with E-state index in [0.29, 0.717) is 17.0 Å². The normalized spacial score (nSPS) is 20.4. The molecule has 19 heavy (non-hydrogen) atoms. The lowest BCUT2D eigenvalue weighted by atomic mass is 9.95. The molecular formula is C16H22ClNO. The third-order valence-corrected chi connectivity index (χ3v) is 4.34. The number of Topliss-reactive ketones (excluding diaryl/α,β-unsaturated/α-hetero) is 1. The zero-order chi connectivity index (χ0) is 13.7. The second kappa shape index (κ2) is 7.06. The van der Waals surface area contributed by atoms with Crippen LogP contribution in [0.25, 0.3) is 0 Å². The maximum absolute atomic E-state index is 12.1. The lowest BCUT2D eigenvalue weighted by molar-refractivity contribution is 0.0945. The third kappa shape index (κ3) is 4.05. The van der Waals surface area contributed by atoms with E-state index in [1.807, 2.05) is 18.2 Å². The number of rotatable bonds is 5. The molecule has 2 rings (SSSR count). The van der Waals surface area contributed by atoms with E-state index in [2.05, 4.69) is 11.8 Å². The fourth-order valence-electron chi connectivity index (χ4n) is 2.77. The Kier molecular flexibility index (Phi) is 5.41. The summed E-state index contributed by atoms with van der Waals surface area (Å²) < 4.78 is 0. The molecule has 1 heterocycles. The number of carbonyl (C=O) groups excluding carboxylic acids is 1. The zero-order valence-corrected chi connectivity index (χ0v) is 12.3. The average molecular weight is 280 g/mol. The molecule has 1 fully saturated rings. The van der Waals surface area contributed by atoms with E-state index in [1.165, 1.54) is 19.3 Å². The van der Waals surface area contributed by atoms with Crippen LogP contribution in [0.1, 0.15) is 43.0 Å². The van der Waals surface area contributed by atoms with Gasteiger partial charge >= 0.3 is 0 Å². The van der Waals surface area contributed by atoms with E-state index in [1.54, 1.807) is 6.07 Å². The van der Waals surface area contributed by atoms with Crippen LogP contribution in [0.5, 0.6) is 0 Å². The predicted octanol–water partition coefficient (Wildman–Crippen LogP) is 4.03. The van der Waals surface area contributed by atoms with Crippen LogP contribution in [0.4, 0.5) is 0 Å². The summed E-state index contributed by atoms with van der Waals surface area (Å²) in [6.07, 6.45) is 4.42. The molecule has 0 spiro atoms. The predicted molar refractivity (Wildman–Crippen MR) is 79.9 cm³/mol. The number of carbonyl (C=O) groups is 1. The number of likely N-dealkylation sites (tertiary alicyclic amines) is 1. The SMILES string of the molecule is CCC1CCCN(CCC(=O)c2ccccc2Cl)C1. The molecule has 1 unspecified atom stereocenters. The Labute approximate surface area is 120 Å². The molecule has 0 aliphatic carbocycles. The number of nitrogens with zero attached hydrogens (tertiary/aromatic N) is 1. The Hall–Kier alpha value is -0.860. The van der Waals surface area contributed by atoms with Crippen molar-refractivity contribution in [3.05, 3.63) is 34.9 Å². The molecule has 0 aromatic heterocycles. The maximum atomic E-state index is 12.1. The monoisotopic (exact) mass is 279 g/mol. The summed E-state index contributed by atoms with van der Waals surface area (Å²) in [5.41, 5.74) is 0.660. The van der Waals surface area contributed by atoms with Crippen molar-refractivity contribution in [3.8, 4) is 0 Å². The topological polar surface area (TPSA) is 20.3 Å². The van der Waals surface area contributed by atoms with E-state index >= 15 is 0 Å². The van der Waals surface area contributed by atoms with Gasteiger partial charge in [-0.3, -0.25) is 4.79 Å². The highest BCUT2D eigenvalue weighted by molar-refractivity contribution is 6.33. The van der Waals surface area contributed by atoms with Crippen molar-refractivity contribution in [2.45, 2.75) is 32.6 Å². The lowest BCUT2D eigenvalue weighted by Gasteiger charge is -2.32. The van der Waals surface area contributed by atoms with Crippen molar-refractivity contribution in [2.75, 3.05) is 19.6 Å². The lowest BCUT2D eigenvalue weighted by Crippen LogP contribution is -2.36. The molecule has 0 bridgehead atoms. The van der Waals surface area contributed by atoms with Crippen molar-refractivity contribution in [3.63, 3.8) is 0 Å². The van der Waals surface area contributed by atoms with Gasteiger partial charge in [0.15, 0.2) is 5.78 Å². The Morgan fingerprint density at radius 1 is 1.42 bits per heavy atom. The second-order valence-electron chi connectivity index (χ2n) is 5.37. The molecule has 1 aliphatic heterocycles. The summed E-state index contributed by atoms with van der Waals surface area (Å²) in [6.45, 7) is 5.39. The Bertz CT molecular complexity index is 433. The third-order valence-electron chi connectivity index (χ3n) is 4.01. The number of piperidine rings is 1. The maximum Gasteiger partial charge on any atom is 0.165 e. The summed E-state index contributed by atoms with van der Waals surface area (Å²) in [6, 6.07) is 7.32. The van der Waals surface area contributed by atoms with Crippen molar-refractivity contribution >= 4 is 17.4 Å². The molecular weight excluding hydrogens is 258 g/mol. The standard InChI is InChI=1S/C16H22ClNO/c1-2-13-6-5-10-18(12-13)11-9-16(19)14-7-3-4-8-15(14)17/h3-4,7-8,13H,2,5-6,9-12H2,1H3. The van der Waals surface area contributed by atoms with Gasteiger partial charge in [-0.1, -0.05) is 37.1 Å². The number of benzene rings is 1. The van der Waals surface area contributed by atoms with Crippen LogP contribution < -0.4 is 0 Å². The minimum Gasteiger partial charge on any atom is -0.303 e. The first-order chi connectivity index (χ1) is 9.20. The van der Waals surface area contributed by atoms with Crippen LogP contribution in [-0.4, -0.2) is 30.3 Å². The second-order valence-corrected chi connectivity index (χ2v) is 5.78. The molecule has 3 heteroatoms. The van der Waals surface area contributed by atoms with Crippen molar-refractivity contribution in [1.82, 2.24) is 4.90 Å². The van der Waals surface area contributed by atoms with Gasteiger partial charge in [-0.15, -0.1) is 0 Å². The molecule has 104 valence electrons. The van der Waals surface area contributed by atoms with Crippen LogP contribution in [0.15, 0.2) is 24.3 Å². The first-order valence-electron chi connectivity index (χ1n) is 7.20. The molecule has 1 aliphatic rings. The average Bonchev–Trinajstić information content (AvgIpc) is 2.45. The van der Waals surface area contributed by atoms with Gasteiger partial charge in [-0.05, 0) is 37.4 Å². The molecule has 1 aromatic rings. The largest absolute Gasteiger partial charge is 0.303 e. The summed E-state index contributed by atoms with van der Waals surface area (Å²) in [5, 5.41) is 0.567. The highest BCUT2D eigenvalue weighted by atomic mass is 35.5. The molecule has 1 atom stereocenters. The number of hydrogen-bond acceptors (Lipinski definition) is 2. The zero-order valence-electron chi connectivity index (χ0n) is 11.6. The minimum absolute atomic E-state index is 0.157. The van der Waals surface area contributed by atoms with E-state index < -0.39 is 0 Å². The molecule has 1 aromatic carbocycles. The fourth-order valence-corrected chi connectivity index (χ4v) is 3.01. The minimum atomic E-state index is 0.157. The van der Waals surface area contributed by atoms with Gasteiger partial charge in [0.1, 0.15) is 0 Å². The first kappa shape index (κ1) is 14.5. The number of ketones is 1. The van der Waals surface area contributed by atoms with E-state index in [4.69, 9.17) is 11.6 Å². The first-order valence-corrected chi connectivity index (χ1v) is 7.58. The highest BCUT2D eigenvalue weighted by Crippen LogP contribution is 2.20. The Morgan fingerprint density at radius 3 is 2.95 bits per heavy atom. The fraction of sp³-hybridized carbons (Fsp3) is 0.562. The van der Waals surface area contributed by atoms with Gasteiger partial charge < -0.3 is 4.90 Å². The van der Waals surface area contributed by atoms with E-state index in [0.717, 1.165) is 25.6 Å². The van der Waals surface area contributed by atoms with Crippen LogP contribution in [0, 0.1) is 5.92 Å². The smallest absolute Gasteiger partial charge is 0.165 e. The van der Waals surface area contributed by atoms with E-state index in [-0.39, 0.29) is 5.78 Å². The van der Waals surface area contributed by atoms with Crippen LogP contribution in [-0.2, 0) is 0 Å². The van der Waals surface area contributed by atoms with Crippen LogP contribution in [0.3, 0.4) is 0 Å². The van der Waals surface area contributed by atoms with Gasteiger partial charge in [-0.2, -0.15) is 0 Å². The molecule has 1 saturated heterocycles. The quantitative estimate of drug-likeness (QED) is 0.759. The van der Waals surface area contributed by atoms with Gasteiger partial charge in [0.25, 0.3) is 0 Å². The number of halogens is 1. The molecule has 0 radical (unpaired) electrons. The molecule has 0 N–H and O–H groups in total. The summed E-state index contributed by atoms with van der Waals surface area (Å²) in [7, 11) is 0. The molecule has 0 amide bonds. The summed E-state index contributed by atoms with van der Waals surface area (Å²) in [5.74, 6) is 0.966. The van der Waals surface area contributed by atoms with Gasteiger partial charge in [0.2, 0.25) is 0 Å². The van der Waals surface area contributed by atoms with Crippen LogP contribution >= 0.6 is 11.6 Å². The molecule has 0 saturated carbocycles.